The molecule has 3 heteroatoms. The maximum absolute atomic E-state index is 5.61. The molecule has 3 nitrogen and oxygen atoms in total. The molecule has 2 aromatic rings. The van der Waals surface area contributed by atoms with Crippen LogP contribution >= 0.6 is 0 Å². The van der Waals surface area contributed by atoms with Crippen LogP contribution in [0.5, 0.6) is 0 Å². The summed E-state index contributed by atoms with van der Waals surface area (Å²) in [6, 6.07) is 4.55. The first kappa shape index (κ1) is 9.70. The highest BCUT2D eigenvalue weighted by atomic mass is 16.3. The Bertz CT molecular complexity index is 510. The maximum Gasteiger partial charge on any atom is 0.154 e. The van der Waals surface area contributed by atoms with Gasteiger partial charge in [-0.1, -0.05) is 0 Å². The molecule has 0 aromatic carbocycles. The summed E-state index contributed by atoms with van der Waals surface area (Å²) in [4.78, 5) is 4.65. The van der Waals surface area contributed by atoms with Crippen molar-refractivity contribution in [3.05, 3.63) is 29.9 Å². The minimum atomic E-state index is 0.570. The Morgan fingerprint density at radius 2 is 2.31 bits per heavy atom. The highest BCUT2D eigenvalue weighted by Crippen LogP contribution is 2.28. The van der Waals surface area contributed by atoms with E-state index in [1.165, 1.54) is 18.7 Å². The van der Waals surface area contributed by atoms with E-state index in [1.54, 1.807) is 0 Å². The second-order valence-electron chi connectivity index (χ2n) is 4.60. The molecule has 0 radical (unpaired) electrons. The summed E-state index contributed by atoms with van der Waals surface area (Å²) < 4.78 is 7.90. The predicted molar refractivity (Wildman–Crippen MR) is 62.3 cm³/mol. The van der Waals surface area contributed by atoms with Crippen LogP contribution in [0.15, 0.2) is 22.7 Å². The Balaban J connectivity index is 2.04. The normalized spacial score (nSPS) is 19.8. The van der Waals surface area contributed by atoms with Gasteiger partial charge < -0.3 is 8.98 Å². The minimum absolute atomic E-state index is 0.570. The first-order valence-electron chi connectivity index (χ1n) is 5.88. The SMILES string of the molecule is Cc1ccc(-c2cn3c(n2)CCC[C@@H]3C)o1. The fraction of sp³-hybridized carbons (Fsp3) is 0.462. The zero-order chi connectivity index (χ0) is 11.1. The van der Waals surface area contributed by atoms with Gasteiger partial charge in [-0.2, -0.15) is 0 Å². The van der Waals surface area contributed by atoms with Crippen LogP contribution in [-0.4, -0.2) is 9.55 Å². The minimum Gasteiger partial charge on any atom is -0.460 e. The summed E-state index contributed by atoms with van der Waals surface area (Å²) in [6.45, 7) is 4.21. The third-order valence-corrected chi connectivity index (χ3v) is 3.30. The summed E-state index contributed by atoms with van der Waals surface area (Å²) in [5, 5.41) is 0. The van der Waals surface area contributed by atoms with E-state index in [1.807, 2.05) is 19.1 Å². The Kier molecular flexibility index (Phi) is 2.13. The van der Waals surface area contributed by atoms with Crippen molar-refractivity contribution in [2.45, 2.75) is 39.2 Å². The number of rotatable bonds is 1. The van der Waals surface area contributed by atoms with Gasteiger partial charge in [0.05, 0.1) is 0 Å². The van der Waals surface area contributed by atoms with Gasteiger partial charge in [0, 0.05) is 18.7 Å². The molecular formula is C13H16N2O. The van der Waals surface area contributed by atoms with Crippen molar-refractivity contribution >= 4 is 0 Å². The maximum atomic E-state index is 5.61. The zero-order valence-electron chi connectivity index (χ0n) is 9.73. The molecule has 0 unspecified atom stereocenters. The number of hydrogen-bond acceptors (Lipinski definition) is 2. The zero-order valence-corrected chi connectivity index (χ0v) is 9.73. The fourth-order valence-corrected chi connectivity index (χ4v) is 2.38. The highest BCUT2D eigenvalue weighted by Gasteiger charge is 2.19. The molecule has 0 saturated carbocycles. The molecule has 0 N–H and O–H groups in total. The Labute approximate surface area is 95.1 Å². The van der Waals surface area contributed by atoms with Crippen molar-refractivity contribution in [1.29, 1.82) is 0 Å². The molecule has 1 atom stereocenters. The standard InChI is InChI=1S/C13H16N2O/c1-9-4-3-5-13-14-11(8-15(9)13)12-7-6-10(2)16-12/h6-9H,3-5H2,1-2H3/t9-/m0/s1. The van der Waals surface area contributed by atoms with Crippen LogP contribution in [0.1, 0.15) is 37.4 Å². The van der Waals surface area contributed by atoms with Gasteiger partial charge in [-0.25, -0.2) is 4.98 Å². The van der Waals surface area contributed by atoms with Gasteiger partial charge in [-0.3, -0.25) is 0 Å². The van der Waals surface area contributed by atoms with Crippen molar-refractivity contribution in [1.82, 2.24) is 9.55 Å². The van der Waals surface area contributed by atoms with Gasteiger partial charge in [-0.15, -0.1) is 0 Å². The van der Waals surface area contributed by atoms with Gasteiger partial charge >= 0.3 is 0 Å². The number of nitrogens with zero attached hydrogens (tertiary/aromatic N) is 2. The van der Waals surface area contributed by atoms with Gasteiger partial charge in [0.1, 0.15) is 17.3 Å². The molecule has 0 bridgehead atoms. The molecule has 0 fully saturated rings. The molecule has 16 heavy (non-hydrogen) atoms. The van der Waals surface area contributed by atoms with Crippen LogP contribution in [0.25, 0.3) is 11.5 Å². The number of fused-ring (bicyclic) bond motifs is 1. The molecule has 1 aliphatic heterocycles. The van der Waals surface area contributed by atoms with E-state index in [0.717, 1.165) is 23.6 Å². The smallest absolute Gasteiger partial charge is 0.154 e. The quantitative estimate of drug-likeness (QED) is 0.732. The van der Waals surface area contributed by atoms with Crippen LogP contribution in [0.2, 0.25) is 0 Å². The molecule has 1 aliphatic rings. The average molecular weight is 216 g/mol. The summed E-state index contributed by atoms with van der Waals surface area (Å²) in [7, 11) is 0. The van der Waals surface area contributed by atoms with E-state index in [-0.39, 0.29) is 0 Å². The van der Waals surface area contributed by atoms with Crippen molar-refractivity contribution in [2.24, 2.45) is 0 Å². The van der Waals surface area contributed by atoms with Crippen LogP contribution in [-0.2, 0) is 6.42 Å². The predicted octanol–water partition coefficient (Wildman–Crippen LogP) is 3.35. The van der Waals surface area contributed by atoms with E-state index in [4.69, 9.17) is 4.42 Å². The highest BCUT2D eigenvalue weighted by molar-refractivity contribution is 5.51. The van der Waals surface area contributed by atoms with Gasteiger partial charge in [0.15, 0.2) is 5.76 Å². The van der Waals surface area contributed by atoms with Crippen LogP contribution < -0.4 is 0 Å². The number of aryl methyl sites for hydroxylation is 2. The lowest BCUT2D eigenvalue weighted by molar-refractivity contribution is 0.426. The lowest BCUT2D eigenvalue weighted by Crippen LogP contribution is -2.14. The molecule has 2 aromatic heterocycles. The molecule has 0 saturated heterocycles. The number of imidazole rings is 1. The lowest BCUT2D eigenvalue weighted by Gasteiger charge is -2.20. The summed E-state index contributed by atoms with van der Waals surface area (Å²) in [5.74, 6) is 3.02. The third-order valence-electron chi connectivity index (χ3n) is 3.30. The molecule has 3 heterocycles. The Morgan fingerprint density at radius 3 is 3.00 bits per heavy atom. The summed E-state index contributed by atoms with van der Waals surface area (Å²) >= 11 is 0. The number of furan rings is 1. The van der Waals surface area contributed by atoms with Crippen molar-refractivity contribution in [3.8, 4) is 11.5 Å². The van der Waals surface area contributed by atoms with Crippen LogP contribution in [0, 0.1) is 6.92 Å². The first-order valence-corrected chi connectivity index (χ1v) is 5.88. The topological polar surface area (TPSA) is 31.0 Å². The van der Waals surface area contributed by atoms with E-state index in [0.29, 0.717) is 6.04 Å². The summed E-state index contributed by atoms with van der Waals surface area (Å²) in [5.41, 5.74) is 0.969. The van der Waals surface area contributed by atoms with E-state index >= 15 is 0 Å². The average Bonchev–Trinajstić information content (AvgIpc) is 2.84. The van der Waals surface area contributed by atoms with Crippen LogP contribution in [0.3, 0.4) is 0 Å². The summed E-state index contributed by atoms with van der Waals surface area (Å²) in [6.07, 6.45) is 5.70. The van der Waals surface area contributed by atoms with Gasteiger partial charge in [0.25, 0.3) is 0 Å². The van der Waals surface area contributed by atoms with Gasteiger partial charge in [0.2, 0.25) is 0 Å². The second-order valence-corrected chi connectivity index (χ2v) is 4.60. The molecule has 0 spiro atoms. The van der Waals surface area contributed by atoms with Crippen molar-refractivity contribution in [3.63, 3.8) is 0 Å². The molecule has 0 aliphatic carbocycles. The monoisotopic (exact) mass is 216 g/mol. The van der Waals surface area contributed by atoms with E-state index in [2.05, 4.69) is 22.7 Å². The number of hydrogen-bond donors (Lipinski definition) is 0. The first-order chi connectivity index (χ1) is 7.74. The largest absolute Gasteiger partial charge is 0.460 e. The van der Waals surface area contributed by atoms with Crippen molar-refractivity contribution < 1.29 is 4.42 Å². The van der Waals surface area contributed by atoms with E-state index in [9.17, 15) is 0 Å². The number of aromatic nitrogens is 2. The molecule has 0 amide bonds. The Morgan fingerprint density at radius 1 is 1.44 bits per heavy atom. The second kappa shape index (κ2) is 3.51. The Hall–Kier alpha value is -1.51. The fourth-order valence-electron chi connectivity index (χ4n) is 2.38. The van der Waals surface area contributed by atoms with E-state index < -0.39 is 0 Å². The molecular weight excluding hydrogens is 200 g/mol. The molecule has 84 valence electrons. The lowest BCUT2D eigenvalue weighted by atomic mass is 10.1. The molecule has 3 rings (SSSR count). The van der Waals surface area contributed by atoms with Crippen molar-refractivity contribution in [2.75, 3.05) is 0 Å². The van der Waals surface area contributed by atoms with Crippen LogP contribution in [0.4, 0.5) is 0 Å². The third kappa shape index (κ3) is 1.47. The van der Waals surface area contributed by atoms with Gasteiger partial charge in [-0.05, 0) is 38.8 Å².